The van der Waals surface area contributed by atoms with Crippen LogP contribution in [0.25, 0.3) is 0 Å². The molecule has 0 amide bonds. The second kappa shape index (κ2) is 6.70. The molecular weight excluding hydrogens is 232 g/mol. The maximum absolute atomic E-state index is 11.4. The van der Waals surface area contributed by atoms with Gasteiger partial charge in [0, 0.05) is 10.1 Å². The third-order valence-corrected chi connectivity index (χ3v) is 3.69. The highest BCUT2D eigenvalue weighted by molar-refractivity contribution is 8.00. The SMILES string of the molecule is CCOC(=O)CC(C)Sc1cc(C)ccc1C. The van der Waals surface area contributed by atoms with Gasteiger partial charge < -0.3 is 4.74 Å². The van der Waals surface area contributed by atoms with Crippen molar-refractivity contribution >= 4 is 17.7 Å². The largest absolute Gasteiger partial charge is 0.466 e. The lowest BCUT2D eigenvalue weighted by Gasteiger charge is -2.12. The second-order valence-electron chi connectivity index (χ2n) is 4.21. The van der Waals surface area contributed by atoms with Crippen LogP contribution in [0.2, 0.25) is 0 Å². The average Bonchev–Trinajstić information content (AvgIpc) is 2.23. The number of esters is 1. The zero-order valence-corrected chi connectivity index (χ0v) is 11.8. The van der Waals surface area contributed by atoms with Crippen molar-refractivity contribution in [2.45, 2.75) is 44.3 Å². The van der Waals surface area contributed by atoms with E-state index in [-0.39, 0.29) is 11.2 Å². The van der Waals surface area contributed by atoms with Crippen LogP contribution in [0.5, 0.6) is 0 Å². The van der Waals surface area contributed by atoms with Crippen LogP contribution in [0.3, 0.4) is 0 Å². The number of hydrogen-bond acceptors (Lipinski definition) is 3. The molecule has 2 nitrogen and oxygen atoms in total. The second-order valence-corrected chi connectivity index (χ2v) is 5.69. The Bertz CT molecular complexity index is 388. The van der Waals surface area contributed by atoms with Crippen molar-refractivity contribution in [2.24, 2.45) is 0 Å². The summed E-state index contributed by atoms with van der Waals surface area (Å²) in [4.78, 5) is 12.6. The van der Waals surface area contributed by atoms with Crippen LogP contribution >= 0.6 is 11.8 Å². The molecule has 0 aromatic heterocycles. The maximum atomic E-state index is 11.4. The fourth-order valence-corrected chi connectivity index (χ4v) is 2.71. The third kappa shape index (κ3) is 4.82. The number of rotatable bonds is 5. The van der Waals surface area contributed by atoms with Gasteiger partial charge in [0.25, 0.3) is 0 Å². The van der Waals surface area contributed by atoms with Gasteiger partial charge in [0.2, 0.25) is 0 Å². The topological polar surface area (TPSA) is 26.3 Å². The molecule has 0 aliphatic carbocycles. The predicted octanol–water partition coefficient (Wildman–Crippen LogP) is 3.74. The van der Waals surface area contributed by atoms with Gasteiger partial charge in [-0.1, -0.05) is 24.6 Å². The van der Waals surface area contributed by atoms with Crippen molar-refractivity contribution in [2.75, 3.05) is 6.61 Å². The molecule has 0 N–H and O–H groups in total. The average molecular weight is 252 g/mol. The molecular formula is C14H20O2S. The molecule has 1 atom stereocenters. The standard InChI is InChI=1S/C14H20O2S/c1-5-16-14(15)9-12(4)17-13-8-10(2)6-7-11(13)3/h6-8,12H,5,9H2,1-4H3. The molecule has 1 rings (SSSR count). The molecule has 1 unspecified atom stereocenters. The quantitative estimate of drug-likeness (QED) is 0.590. The Morgan fingerprint density at radius 1 is 1.41 bits per heavy atom. The Morgan fingerprint density at radius 3 is 2.76 bits per heavy atom. The molecule has 0 bridgehead atoms. The van der Waals surface area contributed by atoms with E-state index in [0.717, 1.165) is 0 Å². The Kier molecular flexibility index (Phi) is 5.56. The van der Waals surface area contributed by atoms with Gasteiger partial charge in [0.1, 0.15) is 0 Å². The van der Waals surface area contributed by atoms with Crippen molar-refractivity contribution in [3.63, 3.8) is 0 Å². The minimum Gasteiger partial charge on any atom is -0.466 e. The minimum absolute atomic E-state index is 0.113. The number of carbonyl (C=O) groups excluding carboxylic acids is 1. The van der Waals surface area contributed by atoms with E-state index in [4.69, 9.17) is 4.74 Å². The van der Waals surface area contributed by atoms with Gasteiger partial charge in [-0.25, -0.2) is 0 Å². The molecule has 0 heterocycles. The van der Waals surface area contributed by atoms with E-state index in [1.54, 1.807) is 11.8 Å². The Balaban J connectivity index is 2.58. The van der Waals surface area contributed by atoms with Gasteiger partial charge in [-0.15, -0.1) is 11.8 Å². The van der Waals surface area contributed by atoms with E-state index in [9.17, 15) is 4.79 Å². The Morgan fingerprint density at radius 2 is 2.12 bits per heavy atom. The first-order chi connectivity index (χ1) is 8.02. The Labute approximate surface area is 108 Å². The van der Waals surface area contributed by atoms with Crippen LogP contribution in [-0.4, -0.2) is 17.8 Å². The van der Waals surface area contributed by atoms with E-state index >= 15 is 0 Å². The molecule has 0 saturated carbocycles. The van der Waals surface area contributed by atoms with Gasteiger partial charge in [-0.05, 0) is 32.4 Å². The number of aryl methyl sites for hydroxylation is 2. The molecule has 0 aliphatic rings. The summed E-state index contributed by atoms with van der Waals surface area (Å²) in [5, 5.41) is 0.245. The van der Waals surface area contributed by atoms with E-state index in [1.165, 1.54) is 16.0 Å². The maximum Gasteiger partial charge on any atom is 0.306 e. The van der Waals surface area contributed by atoms with Crippen molar-refractivity contribution in [1.82, 2.24) is 0 Å². The number of thioether (sulfide) groups is 1. The first-order valence-electron chi connectivity index (χ1n) is 5.92. The van der Waals surface area contributed by atoms with Crippen LogP contribution < -0.4 is 0 Å². The summed E-state index contributed by atoms with van der Waals surface area (Å²) in [6, 6.07) is 6.39. The van der Waals surface area contributed by atoms with Gasteiger partial charge in [-0.2, -0.15) is 0 Å². The summed E-state index contributed by atoms with van der Waals surface area (Å²) < 4.78 is 4.95. The van der Waals surface area contributed by atoms with Crippen LogP contribution in [0.4, 0.5) is 0 Å². The lowest BCUT2D eigenvalue weighted by molar-refractivity contribution is -0.142. The fourth-order valence-electron chi connectivity index (χ4n) is 1.55. The normalized spacial score (nSPS) is 12.2. The zero-order valence-electron chi connectivity index (χ0n) is 10.9. The lowest BCUT2D eigenvalue weighted by Crippen LogP contribution is -2.10. The molecule has 1 aromatic rings. The summed E-state index contributed by atoms with van der Waals surface area (Å²) >= 11 is 1.74. The highest BCUT2D eigenvalue weighted by atomic mass is 32.2. The van der Waals surface area contributed by atoms with Crippen molar-refractivity contribution in [1.29, 1.82) is 0 Å². The molecule has 0 saturated heterocycles. The monoisotopic (exact) mass is 252 g/mol. The van der Waals surface area contributed by atoms with Gasteiger partial charge in [0.15, 0.2) is 0 Å². The molecule has 0 fully saturated rings. The predicted molar refractivity (Wildman–Crippen MR) is 72.5 cm³/mol. The van der Waals surface area contributed by atoms with Gasteiger partial charge >= 0.3 is 5.97 Å². The summed E-state index contributed by atoms with van der Waals surface area (Å²) in [6.45, 7) is 8.53. The molecule has 94 valence electrons. The van der Waals surface area contributed by atoms with Crippen LogP contribution in [0, 0.1) is 13.8 Å². The van der Waals surface area contributed by atoms with Crippen LogP contribution in [0.1, 0.15) is 31.4 Å². The fraction of sp³-hybridized carbons (Fsp3) is 0.500. The minimum atomic E-state index is -0.113. The van der Waals surface area contributed by atoms with Gasteiger partial charge in [0.05, 0.1) is 13.0 Å². The highest BCUT2D eigenvalue weighted by Crippen LogP contribution is 2.29. The zero-order chi connectivity index (χ0) is 12.8. The van der Waals surface area contributed by atoms with E-state index in [1.807, 2.05) is 6.92 Å². The van der Waals surface area contributed by atoms with Crippen molar-refractivity contribution in [3.8, 4) is 0 Å². The van der Waals surface area contributed by atoms with E-state index < -0.39 is 0 Å². The molecule has 0 radical (unpaired) electrons. The number of hydrogen-bond donors (Lipinski definition) is 0. The van der Waals surface area contributed by atoms with Crippen molar-refractivity contribution in [3.05, 3.63) is 29.3 Å². The first kappa shape index (κ1) is 14.1. The molecule has 0 spiro atoms. The molecule has 1 aromatic carbocycles. The van der Waals surface area contributed by atoms with E-state index in [0.29, 0.717) is 13.0 Å². The Hall–Kier alpha value is -0.960. The van der Waals surface area contributed by atoms with Gasteiger partial charge in [-0.3, -0.25) is 4.79 Å². The number of ether oxygens (including phenoxy) is 1. The summed E-state index contributed by atoms with van der Waals surface area (Å²) in [7, 11) is 0. The smallest absolute Gasteiger partial charge is 0.306 e. The van der Waals surface area contributed by atoms with Crippen LogP contribution in [-0.2, 0) is 9.53 Å². The summed E-state index contributed by atoms with van der Waals surface area (Å²) in [5.74, 6) is -0.113. The lowest BCUT2D eigenvalue weighted by atomic mass is 10.2. The van der Waals surface area contributed by atoms with Crippen molar-refractivity contribution < 1.29 is 9.53 Å². The summed E-state index contributed by atoms with van der Waals surface area (Å²) in [6.07, 6.45) is 0.464. The highest BCUT2D eigenvalue weighted by Gasteiger charge is 2.12. The summed E-state index contributed by atoms with van der Waals surface area (Å²) in [5.41, 5.74) is 2.51. The van der Waals surface area contributed by atoms with E-state index in [2.05, 4.69) is 39.0 Å². The number of carbonyl (C=O) groups is 1. The first-order valence-corrected chi connectivity index (χ1v) is 6.80. The number of benzene rings is 1. The van der Waals surface area contributed by atoms with Crippen LogP contribution in [0.15, 0.2) is 23.1 Å². The molecule has 0 aliphatic heterocycles. The molecule has 17 heavy (non-hydrogen) atoms. The third-order valence-electron chi connectivity index (χ3n) is 2.43. The molecule has 3 heteroatoms.